The molecule has 1 unspecified atom stereocenters. The van der Waals surface area contributed by atoms with E-state index in [0.29, 0.717) is 25.1 Å². The van der Waals surface area contributed by atoms with Crippen molar-refractivity contribution in [1.29, 1.82) is 0 Å². The molecule has 0 saturated heterocycles. The fourth-order valence-corrected chi connectivity index (χ4v) is 3.02. The minimum absolute atomic E-state index is 0.188. The Balaban J connectivity index is 1.29. The van der Waals surface area contributed by atoms with Crippen LogP contribution in [0.5, 0.6) is 5.75 Å². The fraction of sp³-hybridized carbons (Fsp3) is 0.250. The number of carbonyl (C=O) groups is 1. The molecular formula is C20H20N4O3. The standard InChI is InChI=1S/C20H20N4O3/c1-26-14-8-6-13(7-9-14)12-21-20(25)18-10-15(27-24-18)11-19-22-16-4-2-3-5-17(16)23-19/h2-9,15H,10-12H2,1H3,(H,21,25)(H,22,23). The van der Waals surface area contributed by atoms with Gasteiger partial charge in [-0.3, -0.25) is 4.79 Å². The van der Waals surface area contributed by atoms with Crippen LogP contribution in [0.25, 0.3) is 11.0 Å². The molecule has 7 nitrogen and oxygen atoms in total. The maximum absolute atomic E-state index is 12.3. The Labute approximate surface area is 156 Å². The lowest BCUT2D eigenvalue weighted by Gasteiger charge is -2.06. The number of hydrogen-bond acceptors (Lipinski definition) is 5. The molecule has 2 aromatic carbocycles. The Morgan fingerprint density at radius 3 is 2.85 bits per heavy atom. The number of methoxy groups -OCH3 is 1. The number of fused-ring (bicyclic) bond motifs is 1. The van der Waals surface area contributed by atoms with Gasteiger partial charge in [0.25, 0.3) is 5.91 Å². The smallest absolute Gasteiger partial charge is 0.269 e. The topological polar surface area (TPSA) is 88.6 Å². The molecule has 4 rings (SSSR count). The van der Waals surface area contributed by atoms with Gasteiger partial charge in [0.05, 0.1) is 18.1 Å². The summed E-state index contributed by atoms with van der Waals surface area (Å²) in [5, 5.41) is 6.82. The van der Waals surface area contributed by atoms with Crippen molar-refractivity contribution in [1.82, 2.24) is 15.3 Å². The van der Waals surface area contributed by atoms with Crippen LogP contribution < -0.4 is 10.1 Å². The van der Waals surface area contributed by atoms with Crippen LogP contribution >= 0.6 is 0 Å². The monoisotopic (exact) mass is 364 g/mol. The zero-order valence-electron chi connectivity index (χ0n) is 14.9. The van der Waals surface area contributed by atoms with E-state index in [0.717, 1.165) is 28.2 Å². The molecule has 2 N–H and O–H groups in total. The van der Waals surface area contributed by atoms with E-state index >= 15 is 0 Å². The number of amides is 1. The molecule has 0 spiro atoms. The summed E-state index contributed by atoms with van der Waals surface area (Å²) in [5.41, 5.74) is 3.31. The van der Waals surface area contributed by atoms with Crippen molar-refractivity contribution in [3.8, 4) is 5.75 Å². The highest BCUT2D eigenvalue weighted by Crippen LogP contribution is 2.18. The van der Waals surface area contributed by atoms with E-state index in [2.05, 4.69) is 20.4 Å². The highest BCUT2D eigenvalue weighted by molar-refractivity contribution is 6.39. The number of aromatic amines is 1. The number of benzene rings is 2. The van der Waals surface area contributed by atoms with Crippen LogP contribution in [-0.2, 0) is 22.6 Å². The molecule has 27 heavy (non-hydrogen) atoms. The largest absolute Gasteiger partial charge is 0.497 e. The highest BCUT2D eigenvalue weighted by atomic mass is 16.6. The molecular weight excluding hydrogens is 344 g/mol. The lowest BCUT2D eigenvalue weighted by molar-refractivity contribution is -0.115. The predicted molar refractivity (Wildman–Crippen MR) is 102 cm³/mol. The van der Waals surface area contributed by atoms with Gasteiger partial charge < -0.3 is 19.9 Å². The molecule has 1 atom stereocenters. The maximum atomic E-state index is 12.3. The number of para-hydroxylation sites is 2. The second-order valence-corrected chi connectivity index (χ2v) is 6.41. The van der Waals surface area contributed by atoms with Crippen LogP contribution in [-0.4, -0.2) is 34.8 Å². The van der Waals surface area contributed by atoms with Gasteiger partial charge in [-0.2, -0.15) is 0 Å². The van der Waals surface area contributed by atoms with E-state index in [1.807, 2.05) is 48.5 Å². The SMILES string of the molecule is COc1ccc(CNC(=O)C2=NOC(Cc3nc4ccccc4[nH]3)C2)cc1. The molecule has 0 aliphatic carbocycles. The average molecular weight is 364 g/mol. The number of carbonyl (C=O) groups excluding carboxylic acids is 1. The number of nitrogens with zero attached hydrogens (tertiary/aromatic N) is 2. The molecule has 0 bridgehead atoms. The van der Waals surface area contributed by atoms with Crippen LogP contribution in [0.4, 0.5) is 0 Å². The van der Waals surface area contributed by atoms with Gasteiger partial charge in [-0.15, -0.1) is 0 Å². The molecule has 0 saturated carbocycles. The minimum Gasteiger partial charge on any atom is -0.497 e. The number of oxime groups is 1. The number of aromatic nitrogens is 2. The van der Waals surface area contributed by atoms with Crippen molar-refractivity contribution >= 4 is 22.7 Å². The lowest BCUT2D eigenvalue weighted by Crippen LogP contribution is -2.30. The summed E-state index contributed by atoms with van der Waals surface area (Å²) in [7, 11) is 1.62. The first kappa shape index (κ1) is 17.1. The molecule has 1 amide bonds. The Bertz CT molecular complexity index is 945. The van der Waals surface area contributed by atoms with Crippen molar-refractivity contribution < 1.29 is 14.4 Å². The number of H-pyrrole nitrogens is 1. The molecule has 0 radical (unpaired) electrons. The van der Waals surface area contributed by atoms with Crippen LogP contribution in [0.1, 0.15) is 17.8 Å². The Morgan fingerprint density at radius 2 is 2.07 bits per heavy atom. The zero-order chi connectivity index (χ0) is 18.6. The van der Waals surface area contributed by atoms with Gasteiger partial charge in [0.15, 0.2) is 0 Å². The van der Waals surface area contributed by atoms with E-state index in [1.165, 1.54) is 0 Å². The minimum atomic E-state index is -0.210. The van der Waals surface area contributed by atoms with Crippen molar-refractivity contribution in [3.63, 3.8) is 0 Å². The van der Waals surface area contributed by atoms with Gasteiger partial charge in [-0.05, 0) is 29.8 Å². The molecule has 138 valence electrons. The number of imidazole rings is 1. The molecule has 0 fully saturated rings. The third-order valence-corrected chi connectivity index (χ3v) is 4.47. The quantitative estimate of drug-likeness (QED) is 0.704. The maximum Gasteiger partial charge on any atom is 0.269 e. The first-order valence-electron chi connectivity index (χ1n) is 8.79. The van der Waals surface area contributed by atoms with E-state index in [4.69, 9.17) is 9.57 Å². The normalized spacial score (nSPS) is 16.0. The molecule has 3 aromatic rings. The molecule has 2 heterocycles. The Kier molecular flexibility index (Phi) is 4.74. The number of ether oxygens (including phenoxy) is 1. The molecule has 1 aliphatic heterocycles. The summed E-state index contributed by atoms with van der Waals surface area (Å²) in [6.07, 6.45) is 0.853. The van der Waals surface area contributed by atoms with Crippen LogP contribution in [0, 0.1) is 0 Å². The Morgan fingerprint density at radius 1 is 1.26 bits per heavy atom. The van der Waals surface area contributed by atoms with Gasteiger partial charge in [0.2, 0.25) is 0 Å². The highest BCUT2D eigenvalue weighted by Gasteiger charge is 2.27. The van der Waals surface area contributed by atoms with Gasteiger partial charge in [0.1, 0.15) is 23.4 Å². The predicted octanol–water partition coefficient (Wildman–Crippen LogP) is 2.58. The molecule has 7 heteroatoms. The summed E-state index contributed by atoms with van der Waals surface area (Å²) in [4.78, 5) is 25.5. The summed E-state index contributed by atoms with van der Waals surface area (Å²) < 4.78 is 5.13. The van der Waals surface area contributed by atoms with Crippen LogP contribution in [0.3, 0.4) is 0 Å². The third kappa shape index (κ3) is 3.92. The average Bonchev–Trinajstić information content (AvgIpc) is 3.33. The van der Waals surface area contributed by atoms with Gasteiger partial charge >= 0.3 is 0 Å². The van der Waals surface area contributed by atoms with Crippen molar-refractivity contribution in [3.05, 3.63) is 59.9 Å². The lowest BCUT2D eigenvalue weighted by atomic mass is 10.1. The van der Waals surface area contributed by atoms with Gasteiger partial charge in [-0.1, -0.05) is 29.4 Å². The van der Waals surface area contributed by atoms with Gasteiger partial charge in [-0.25, -0.2) is 4.98 Å². The van der Waals surface area contributed by atoms with Crippen LogP contribution in [0.2, 0.25) is 0 Å². The number of nitrogens with one attached hydrogen (secondary N) is 2. The summed E-state index contributed by atoms with van der Waals surface area (Å²) in [6.45, 7) is 0.427. The fourth-order valence-electron chi connectivity index (χ4n) is 3.02. The van der Waals surface area contributed by atoms with Crippen molar-refractivity contribution in [2.75, 3.05) is 7.11 Å². The zero-order valence-corrected chi connectivity index (χ0v) is 14.9. The van der Waals surface area contributed by atoms with Crippen molar-refractivity contribution in [2.24, 2.45) is 5.16 Å². The second-order valence-electron chi connectivity index (χ2n) is 6.41. The number of rotatable bonds is 6. The summed E-state index contributed by atoms with van der Waals surface area (Å²) >= 11 is 0. The second kappa shape index (κ2) is 7.49. The van der Waals surface area contributed by atoms with E-state index in [-0.39, 0.29) is 12.0 Å². The third-order valence-electron chi connectivity index (χ3n) is 4.47. The summed E-state index contributed by atoms with van der Waals surface area (Å²) in [6, 6.07) is 15.4. The molecule has 1 aromatic heterocycles. The van der Waals surface area contributed by atoms with E-state index in [9.17, 15) is 4.79 Å². The van der Waals surface area contributed by atoms with E-state index in [1.54, 1.807) is 7.11 Å². The summed E-state index contributed by atoms with van der Waals surface area (Å²) in [5.74, 6) is 1.40. The number of hydrogen-bond donors (Lipinski definition) is 2. The van der Waals surface area contributed by atoms with E-state index < -0.39 is 0 Å². The Hall–Kier alpha value is -3.35. The first-order valence-corrected chi connectivity index (χ1v) is 8.79. The van der Waals surface area contributed by atoms with Gasteiger partial charge in [0, 0.05) is 19.4 Å². The van der Waals surface area contributed by atoms with Crippen molar-refractivity contribution in [2.45, 2.75) is 25.5 Å². The van der Waals surface area contributed by atoms with Crippen LogP contribution in [0.15, 0.2) is 53.7 Å². The molecule has 1 aliphatic rings. The first-order chi connectivity index (χ1) is 13.2.